The molecule has 0 saturated carbocycles. The van der Waals surface area contributed by atoms with Gasteiger partial charge in [0.25, 0.3) is 0 Å². The summed E-state index contributed by atoms with van der Waals surface area (Å²) in [5.74, 6) is -2.47. The molecule has 2 saturated heterocycles. The Morgan fingerprint density at radius 1 is 1.03 bits per heavy atom. The van der Waals surface area contributed by atoms with Crippen LogP contribution in [0.5, 0.6) is 0 Å². The average molecular weight is 421 g/mol. The molecule has 2 aromatic carbocycles. The maximum Gasteiger partial charge on any atom is 0.327 e. The molecule has 0 radical (unpaired) electrons. The molecule has 0 aliphatic carbocycles. The zero-order valence-electron chi connectivity index (χ0n) is 18.1. The van der Waals surface area contributed by atoms with Gasteiger partial charge >= 0.3 is 5.97 Å². The van der Waals surface area contributed by atoms with Crippen molar-refractivity contribution in [2.45, 2.75) is 38.8 Å². The van der Waals surface area contributed by atoms with E-state index in [4.69, 9.17) is 4.74 Å². The largest absolute Gasteiger partial charge is 0.465 e. The van der Waals surface area contributed by atoms with Crippen LogP contribution >= 0.6 is 0 Å². The van der Waals surface area contributed by atoms with Gasteiger partial charge in [0, 0.05) is 19.0 Å². The summed E-state index contributed by atoms with van der Waals surface area (Å²) in [5, 5.41) is 3.46. The summed E-state index contributed by atoms with van der Waals surface area (Å²) in [7, 11) is 0. The Hall–Kier alpha value is -2.99. The van der Waals surface area contributed by atoms with Gasteiger partial charge < -0.3 is 4.74 Å². The molecule has 2 aliphatic heterocycles. The van der Waals surface area contributed by atoms with Gasteiger partial charge in [0.05, 0.1) is 18.4 Å². The van der Waals surface area contributed by atoms with Crippen molar-refractivity contribution in [2.75, 3.05) is 13.2 Å². The molecule has 4 atom stereocenters. The van der Waals surface area contributed by atoms with E-state index in [2.05, 4.69) is 5.32 Å². The van der Waals surface area contributed by atoms with Gasteiger partial charge in [-0.05, 0) is 37.5 Å². The molecule has 6 heteroatoms. The van der Waals surface area contributed by atoms with E-state index in [0.29, 0.717) is 0 Å². The molecular formula is C25H28N2O4. The molecule has 0 spiro atoms. The van der Waals surface area contributed by atoms with Gasteiger partial charge in [-0.25, -0.2) is 0 Å². The van der Waals surface area contributed by atoms with E-state index in [1.54, 1.807) is 13.8 Å². The molecule has 2 aliphatic rings. The van der Waals surface area contributed by atoms with E-state index < -0.39 is 29.4 Å². The van der Waals surface area contributed by atoms with Crippen molar-refractivity contribution in [1.29, 1.82) is 0 Å². The zero-order valence-corrected chi connectivity index (χ0v) is 18.1. The van der Waals surface area contributed by atoms with E-state index >= 15 is 0 Å². The highest BCUT2D eigenvalue weighted by atomic mass is 16.5. The molecule has 2 fully saturated rings. The minimum Gasteiger partial charge on any atom is -0.465 e. The Kier molecular flexibility index (Phi) is 5.67. The van der Waals surface area contributed by atoms with Crippen LogP contribution in [0.1, 0.15) is 36.6 Å². The predicted molar refractivity (Wildman–Crippen MR) is 116 cm³/mol. The summed E-state index contributed by atoms with van der Waals surface area (Å²) in [6, 6.07) is 16.9. The number of hydrogen-bond acceptors (Lipinski definition) is 5. The number of carbonyl (C=O) groups excluding carboxylic acids is 3. The summed E-state index contributed by atoms with van der Waals surface area (Å²) >= 11 is 0. The van der Waals surface area contributed by atoms with E-state index in [-0.39, 0.29) is 31.4 Å². The van der Waals surface area contributed by atoms with E-state index in [9.17, 15) is 14.4 Å². The lowest BCUT2D eigenvalue weighted by molar-refractivity contribution is -0.156. The molecule has 2 amide bonds. The Bertz CT molecular complexity index is 1010. The molecule has 0 aromatic heterocycles. The number of esters is 1. The second-order valence-electron chi connectivity index (χ2n) is 8.26. The molecule has 1 N–H and O–H groups in total. The van der Waals surface area contributed by atoms with Gasteiger partial charge in [0.15, 0.2) is 0 Å². The first-order chi connectivity index (χ1) is 14.9. The summed E-state index contributed by atoms with van der Waals surface area (Å²) in [4.78, 5) is 41.6. The van der Waals surface area contributed by atoms with Crippen molar-refractivity contribution in [3.8, 4) is 0 Å². The number of ether oxygens (including phenoxy) is 1. The Balaban J connectivity index is 1.89. The highest BCUT2D eigenvalue weighted by molar-refractivity contribution is 6.09. The number of nitrogens with one attached hydrogen (secondary N) is 1. The van der Waals surface area contributed by atoms with Crippen LogP contribution in [-0.2, 0) is 25.5 Å². The fourth-order valence-electron chi connectivity index (χ4n) is 5.18. The van der Waals surface area contributed by atoms with Crippen molar-refractivity contribution in [1.82, 2.24) is 10.2 Å². The number of rotatable bonds is 6. The third kappa shape index (κ3) is 3.35. The first kappa shape index (κ1) is 21.2. The highest BCUT2D eigenvalue weighted by Gasteiger charge is 2.68. The van der Waals surface area contributed by atoms with Crippen LogP contribution < -0.4 is 5.32 Å². The minimum atomic E-state index is -1.31. The van der Waals surface area contributed by atoms with E-state index in [1.807, 2.05) is 61.5 Å². The number of fused-ring (bicyclic) bond motifs is 1. The SMILES string of the molecule is CCOC(=O)[C@]1(Cc2ccccc2)N[C@H](c2ccccc2C)[C@H]2C(=O)N(CC)C(=O)[C@@H]21. The van der Waals surface area contributed by atoms with Crippen LogP contribution in [-0.4, -0.2) is 41.4 Å². The standard InChI is InChI=1S/C25H28N2O4/c1-4-27-22(28)19-20(23(27)29)25(24(30)31-5-2,15-17-12-7-6-8-13-17)26-21(19)18-14-10-9-11-16(18)3/h6-14,19-21,26H,4-5,15H2,1-3H3/t19-,20+,21+,25+/m0/s1. The van der Waals surface area contributed by atoms with Crippen LogP contribution in [0.3, 0.4) is 0 Å². The van der Waals surface area contributed by atoms with Gasteiger partial charge in [0.2, 0.25) is 11.8 Å². The smallest absolute Gasteiger partial charge is 0.327 e. The van der Waals surface area contributed by atoms with Crippen LogP contribution in [0.25, 0.3) is 0 Å². The van der Waals surface area contributed by atoms with Crippen molar-refractivity contribution >= 4 is 17.8 Å². The quantitative estimate of drug-likeness (QED) is 0.575. The molecule has 0 bridgehead atoms. The summed E-state index contributed by atoms with van der Waals surface area (Å²) in [6.45, 7) is 6.00. The Morgan fingerprint density at radius 2 is 1.71 bits per heavy atom. The summed E-state index contributed by atoms with van der Waals surface area (Å²) in [5.41, 5.74) is 1.53. The fraction of sp³-hybridized carbons (Fsp3) is 0.400. The second-order valence-corrected chi connectivity index (χ2v) is 8.26. The topological polar surface area (TPSA) is 75.7 Å². The van der Waals surface area contributed by atoms with Crippen molar-refractivity contribution in [2.24, 2.45) is 11.8 Å². The third-order valence-electron chi connectivity index (χ3n) is 6.55. The summed E-state index contributed by atoms with van der Waals surface area (Å²) < 4.78 is 5.49. The number of imide groups is 1. The minimum absolute atomic E-state index is 0.198. The van der Waals surface area contributed by atoms with Crippen molar-refractivity contribution < 1.29 is 19.1 Å². The lowest BCUT2D eigenvalue weighted by Crippen LogP contribution is -2.58. The molecule has 0 unspecified atom stereocenters. The zero-order chi connectivity index (χ0) is 22.2. The maximum atomic E-state index is 13.5. The normalized spacial score (nSPS) is 27.5. The first-order valence-corrected chi connectivity index (χ1v) is 10.8. The Morgan fingerprint density at radius 3 is 2.35 bits per heavy atom. The van der Waals surface area contributed by atoms with Crippen LogP contribution in [0.4, 0.5) is 0 Å². The van der Waals surface area contributed by atoms with E-state index in [0.717, 1.165) is 16.7 Å². The molecule has 31 heavy (non-hydrogen) atoms. The second kappa shape index (κ2) is 8.27. The van der Waals surface area contributed by atoms with Crippen LogP contribution in [0.2, 0.25) is 0 Å². The maximum absolute atomic E-state index is 13.5. The van der Waals surface area contributed by atoms with Crippen molar-refractivity contribution in [3.05, 3.63) is 71.3 Å². The monoisotopic (exact) mass is 420 g/mol. The van der Waals surface area contributed by atoms with Gasteiger partial charge in [-0.1, -0.05) is 54.6 Å². The fourth-order valence-corrected chi connectivity index (χ4v) is 5.18. The number of amides is 2. The van der Waals surface area contributed by atoms with Crippen molar-refractivity contribution in [3.63, 3.8) is 0 Å². The van der Waals surface area contributed by atoms with Gasteiger partial charge in [-0.15, -0.1) is 0 Å². The lowest BCUT2D eigenvalue weighted by Gasteiger charge is -2.33. The highest BCUT2D eigenvalue weighted by Crippen LogP contribution is 2.50. The van der Waals surface area contributed by atoms with E-state index in [1.165, 1.54) is 4.90 Å². The number of nitrogens with zero attached hydrogens (tertiary/aromatic N) is 1. The predicted octanol–water partition coefficient (Wildman–Crippen LogP) is 2.81. The number of aryl methyl sites for hydroxylation is 1. The lowest BCUT2D eigenvalue weighted by atomic mass is 9.76. The number of benzene rings is 2. The van der Waals surface area contributed by atoms with Gasteiger partial charge in [0.1, 0.15) is 5.54 Å². The first-order valence-electron chi connectivity index (χ1n) is 10.8. The molecular weight excluding hydrogens is 392 g/mol. The molecule has 2 aromatic rings. The van der Waals surface area contributed by atoms with Gasteiger partial charge in [-0.3, -0.25) is 24.6 Å². The molecule has 6 nitrogen and oxygen atoms in total. The molecule has 162 valence electrons. The number of carbonyl (C=O) groups is 3. The number of hydrogen-bond donors (Lipinski definition) is 1. The average Bonchev–Trinajstić information content (AvgIpc) is 3.23. The van der Waals surface area contributed by atoms with Gasteiger partial charge in [-0.2, -0.15) is 0 Å². The number of likely N-dealkylation sites (tertiary alicyclic amines) is 1. The molecule has 2 heterocycles. The summed E-state index contributed by atoms with van der Waals surface area (Å²) in [6.07, 6.45) is 0.271. The van der Waals surface area contributed by atoms with Crippen LogP contribution in [0.15, 0.2) is 54.6 Å². The molecule has 4 rings (SSSR count). The van der Waals surface area contributed by atoms with Crippen LogP contribution in [0, 0.1) is 18.8 Å². The third-order valence-corrected chi connectivity index (χ3v) is 6.55. The Labute approximate surface area is 182 Å².